The lowest BCUT2D eigenvalue weighted by Crippen LogP contribution is -2.28. The lowest BCUT2D eigenvalue weighted by molar-refractivity contribution is -0.149. The van der Waals surface area contributed by atoms with E-state index in [2.05, 4.69) is 0 Å². The molecule has 5 heteroatoms. The van der Waals surface area contributed by atoms with Gasteiger partial charge in [-0.05, 0) is 18.6 Å². The number of rotatable bonds is 1. The Morgan fingerprint density at radius 2 is 1.93 bits per heavy atom. The van der Waals surface area contributed by atoms with E-state index in [1.807, 2.05) is 0 Å². The minimum absolute atomic E-state index is 0.0421. The van der Waals surface area contributed by atoms with Crippen LogP contribution in [0.5, 0.6) is 0 Å². The summed E-state index contributed by atoms with van der Waals surface area (Å²) in [6.07, 6.45) is -4.46. The van der Waals surface area contributed by atoms with Crippen molar-refractivity contribution in [2.45, 2.75) is 19.1 Å². The van der Waals surface area contributed by atoms with Gasteiger partial charge >= 0.3 is 6.18 Å². The second-order valence-corrected chi connectivity index (χ2v) is 3.45. The zero-order valence-electron chi connectivity index (χ0n) is 7.40. The number of aryl methyl sites for hydroxylation is 1. The van der Waals surface area contributed by atoms with E-state index in [-0.39, 0.29) is 10.6 Å². The van der Waals surface area contributed by atoms with Crippen molar-refractivity contribution in [3.05, 3.63) is 34.3 Å². The number of hydrogen-bond acceptors (Lipinski definition) is 1. The van der Waals surface area contributed by atoms with Crippen LogP contribution < -0.4 is 5.73 Å². The molecule has 0 radical (unpaired) electrons. The topological polar surface area (TPSA) is 26.0 Å². The molecule has 1 nitrogen and oxygen atoms in total. The Bertz CT molecular complexity index is 335. The monoisotopic (exact) mass is 223 g/mol. The van der Waals surface area contributed by atoms with Crippen LogP contribution in [0, 0.1) is 6.92 Å². The fourth-order valence-corrected chi connectivity index (χ4v) is 1.31. The third kappa shape index (κ3) is 2.39. The molecule has 78 valence electrons. The van der Waals surface area contributed by atoms with Crippen molar-refractivity contribution < 1.29 is 13.2 Å². The van der Waals surface area contributed by atoms with Crippen LogP contribution in [-0.4, -0.2) is 6.18 Å². The van der Waals surface area contributed by atoms with Crippen molar-refractivity contribution >= 4 is 11.6 Å². The Morgan fingerprint density at radius 1 is 1.36 bits per heavy atom. The van der Waals surface area contributed by atoms with E-state index in [9.17, 15) is 13.2 Å². The second kappa shape index (κ2) is 3.79. The summed E-state index contributed by atoms with van der Waals surface area (Å²) in [5.41, 5.74) is 5.65. The van der Waals surface area contributed by atoms with Crippen LogP contribution >= 0.6 is 11.6 Å². The maximum absolute atomic E-state index is 12.3. The Hall–Kier alpha value is -0.740. The maximum Gasteiger partial charge on any atom is 0.407 e. The Kier molecular flexibility index (Phi) is 3.07. The zero-order chi connectivity index (χ0) is 10.9. The predicted molar refractivity (Wildman–Crippen MR) is 49.2 cm³/mol. The van der Waals surface area contributed by atoms with E-state index in [1.165, 1.54) is 12.1 Å². The first-order valence-corrected chi connectivity index (χ1v) is 4.28. The Labute approximate surface area is 84.7 Å². The SMILES string of the molecule is Cc1ccc(Cl)c([C@H](N)C(F)(F)F)c1. The molecule has 0 aromatic heterocycles. The smallest absolute Gasteiger partial charge is 0.316 e. The minimum Gasteiger partial charge on any atom is -0.316 e. The summed E-state index contributed by atoms with van der Waals surface area (Å²) >= 11 is 5.62. The van der Waals surface area contributed by atoms with E-state index in [4.69, 9.17) is 17.3 Å². The van der Waals surface area contributed by atoms with Crippen LogP contribution in [0.3, 0.4) is 0 Å². The van der Waals surface area contributed by atoms with Gasteiger partial charge in [-0.1, -0.05) is 29.3 Å². The van der Waals surface area contributed by atoms with Crippen LogP contribution in [0.1, 0.15) is 17.2 Å². The Balaban J connectivity index is 3.12. The largest absolute Gasteiger partial charge is 0.407 e. The first kappa shape index (κ1) is 11.3. The zero-order valence-corrected chi connectivity index (χ0v) is 8.15. The molecular weight excluding hydrogens is 215 g/mol. The average Bonchev–Trinajstić information content (AvgIpc) is 2.06. The molecule has 1 aromatic carbocycles. The first-order chi connectivity index (χ1) is 6.32. The minimum atomic E-state index is -4.46. The van der Waals surface area contributed by atoms with Gasteiger partial charge in [-0.25, -0.2) is 0 Å². The third-order valence-corrected chi connectivity index (χ3v) is 2.18. The van der Waals surface area contributed by atoms with Crippen LogP contribution in [0.15, 0.2) is 18.2 Å². The van der Waals surface area contributed by atoms with Gasteiger partial charge in [-0.2, -0.15) is 13.2 Å². The Morgan fingerprint density at radius 3 is 2.43 bits per heavy atom. The molecule has 0 aliphatic rings. The molecule has 0 saturated heterocycles. The summed E-state index contributed by atoms with van der Waals surface area (Å²) in [6.45, 7) is 1.68. The number of alkyl halides is 3. The molecule has 1 atom stereocenters. The van der Waals surface area contributed by atoms with E-state index < -0.39 is 12.2 Å². The molecule has 0 spiro atoms. The number of benzene rings is 1. The molecule has 0 amide bonds. The molecule has 0 fully saturated rings. The fraction of sp³-hybridized carbons (Fsp3) is 0.333. The van der Waals surface area contributed by atoms with Gasteiger partial charge in [0, 0.05) is 5.02 Å². The summed E-state index contributed by atoms with van der Waals surface area (Å²) in [5, 5.41) is 0.0421. The van der Waals surface area contributed by atoms with Gasteiger partial charge in [0.2, 0.25) is 0 Å². The summed E-state index contributed by atoms with van der Waals surface area (Å²) in [5.74, 6) is 0. The van der Waals surface area contributed by atoms with E-state index >= 15 is 0 Å². The molecule has 0 aliphatic heterocycles. The van der Waals surface area contributed by atoms with Gasteiger partial charge in [0.15, 0.2) is 0 Å². The van der Waals surface area contributed by atoms with Crippen molar-refractivity contribution in [2.75, 3.05) is 0 Å². The van der Waals surface area contributed by atoms with Gasteiger partial charge < -0.3 is 5.73 Å². The molecule has 0 aliphatic carbocycles. The normalized spacial score (nSPS) is 14.1. The van der Waals surface area contributed by atoms with E-state index in [1.54, 1.807) is 13.0 Å². The summed E-state index contributed by atoms with van der Waals surface area (Å²) in [7, 11) is 0. The summed E-state index contributed by atoms with van der Waals surface area (Å²) in [4.78, 5) is 0. The first-order valence-electron chi connectivity index (χ1n) is 3.90. The van der Waals surface area contributed by atoms with E-state index in [0.29, 0.717) is 5.56 Å². The lowest BCUT2D eigenvalue weighted by atomic mass is 10.0. The van der Waals surface area contributed by atoms with Gasteiger partial charge in [-0.3, -0.25) is 0 Å². The fourth-order valence-electron chi connectivity index (χ4n) is 1.08. The van der Waals surface area contributed by atoms with Gasteiger partial charge in [-0.15, -0.1) is 0 Å². The van der Waals surface area contributed by atoms with Crippen molar-refractivity contribution in [2.24, 2.45) is 5.73 Å². The summed E-state index contributed by atoms with van der Waals surface area (Å²) in [6, 6.07) is 2.38. The number of nitrogens with two attached hydrogens (primary N) is 1. The standard InChI is InChI=1S/C9H9ClF3N/c1-5-2-3-7(10)6(4-5)8(14)9(11,12)13/h2-4,8H,14H2,1H3/t8-/m0/s1. The van der Waals surface area contributed by atoms with Gasteiger partial charge in [0.1, 0.15) is 6.04 Å². The van der Waals surface area contributed by atoms with Crippen LogP contribution in [-0.2, 0) is 0 Å². The summed E-state index contributed by atoms with van der Waals surface area (Å²) < 4.78 is 36.8. The highest BCUT2D eigenvalue weighted by Crippen LogP contribution is 2.34. The molecule has 0 unspecified atom stereocenters. The molecule has 0 heterocycles. The molecule has 0 saturated carbocycles. The van der Waals surface area contributed by atoms with Crippen molar-refractivity contribution in [1.29, 1.82) is 0 Å². The highest BCUT2D eigenvalue weighted by molar-refractivity contribution is 6.31. The van der Waals surface area contributed by atoms with Crippen LogP contribution in [0.25, 0.3) is 0 Å². The molecule has 1 rings (SSSR count). The lowest BCUT2D eigenvalue weighted by Gasteiger charge is -2.17. The van der Waals surface area contributed by atoms with Crippen molar-refractivity contribution in [1.82, 2.24) is 0 Å². The molecule has 1 aromatic rings. The van der Waals surface area contributed by atoms with E-state index in [0.717, 1.165) is 0 Å². The van der Waals surface area contributed by atoms with Crippen LogP contribution in [0.2, 0.25) is 5.02 Å². The average molecular weight is 224 g/mol. The quantitative estimate of drug-likeness (QED) is 0.777. The van der Waals surface area contributed by atoms with Crippen LogP contribution in [0.4, 0.5) is 13.2 Å². The maximum atomic E-state index is 12.3. The molecule has 2 N–H and O–H groups in total. The van der Waals surface area contributed by atoms with Gasteiger partial charge in [0.25, 0.3) is 0 Å². The third-order valence-electron chi connectivity index (χ3n) is 1.84. The predicted octanol–water partition coefficient (Wildman–Crippen LogP) is 3.21. The highest BCUT2D eigenvalue weighted by atomic mass is 35.5. The molecule has 14 heavy (non-hydrogen) atoms. The van der Waals surface area contributed by atoms with Crippen molar-refractivity contribution in [3.63, 3.8) is 0 Å². The van der Waals surface area contributed by atoms with Crippen molar-refractivity contribution in [3.8, 4) is 0 Å². The highest BCUT2D eigenvalue weighted by Gasteiger charge is 2.38. The molecular formula is C9H9ClF3N. The number of hydrogen-bond donors (Lipinski definition) is 1. The van der Waals surface area contributed by atoms with Gasteiger partial charge in [0.05, 0.1) is 0 Å². The second-order valence-electron chi connectivity index (χ2n) is 3.04. The molecule has 0 bridgehead atoms. The number of halogens is 4.